The van der Waals surface area contributed by atoms with Gasteiger partial charge in [0.1, 0.15) is 11.6 Å². The van der Waals surface area contributed by atoms with Gasteiger partial charge in [0.05, 0.1) is 13.2 Å². The molecule has 6 nitrogen and oxygen atoms in total. The number of aliphatic hydroxyl groups is 1. The standard InChI is InChI=1S/C15H23NO5/c1-6-7-11-10(9-17)8-12(13(18)20-5)16(11)14(19)21-15(2,3)4/h1,10-12,17H,7-9H2,2-5H3. The number of terminal acetylenes is 1. The molecule has 0 aromatic carbocycles. The Hall–Kier alpha value is -1.74. The summed E-state index contributed by atoms with van der Waals surface area (Å²) < 4.78 is 10.1. The maximum Gasteiger partial charge on any atom is 0.411 e. The fraction of sp³-hybridized carbons (Fsp3) is 0.733. The van der Waals surface area contributed by atoms with Crippen molar-refractivity contribution >= 4 is 12.1 Å². The Morgan fingerprint density at radius 1 is 1.43 bits per heavy atom. The number of aliphatic hydroxyl groups excluding tert-OH is 1. The van der Waals surface area contributed by atoms with Crippen LogP contribution in [-0.4, -0.2) is 53.5 Å². The first-order chi connectivity index (χ1) is 9.75. The van der Waals surface area contributed by atoms with Crippen molar-refractivity contribution in [2.24, 2.45) is 5.92 Å². The summed E-state index contributed by atoms with van der Waals surface area (Å²) in [6.45, 7) is 5.08. The van der Waals surface area contributed by atoms with Crippen LogP contribution in [0.4, 0.5) is 4.79 Å². The van der Waals surface area contributed by atoms with Gasteiger partial charge in [-0.05, 0) is 27.2 Å². The van der Waals surface area contributed by atoms with E-state index in [-0.39, 0.29) is 18.9 Å². The molecular weight excluding hydrogens is 274 g/mol. The van der Waals surface area contributed by atoms with Gasteiger partial charge in [-0.25, -0.2) is 9.59 Å². The quantitative estimate of drug-likeness (QED) is 0.625. The van der Waals surface area contributed by atoms with E-state index < -0.39 is 29.7 Å². The lowest BCUT2D eigenvalue weighted by Crippen LogP contribution is -2.48. The molecule has 1 fully saturated rings. The highest BCUT2D eigenvalue weighted by Gasteiger charge is 2.48. The summed E-state index contributed by atoms with van der Waals surface area (Å²) >= 11 is 0. The van der Waals surface area contributed by atoms with Gasteiger partial charge < -0.3 is 14.6 Å². The number of likely N-dealkylation sites (tertiary alicyclic amines) is 1. The molecule has 1 heterocycles. The minimum atomic E-state index is -0.777. The molecule has 6 heteroatoms. The van der Waals surface area contributed by atoms with Crippen LogP contribution in [-0.2, 0) is 14.3 Å². The monoisotopic (exact) mass is 297 g/mol. The zero-order valence-electron chi connectivity index (χ0n) is 13.0. The first-order valence-corrected chi connectivity index (χ1v) is 6.88. The van der Waals surface area contributed by atoms with E-state index in [4.69, 9.17) is 15.9 Å². The summed E-state index contributed by atoms with van der Waals surface area (Å²) in [5.74, 6) is 1.69. The lowest BCUT2D eigenvalue weighted by molar-refractivity contribution is -0.146. The zero-order chi connectivity index (χ0) is 16.2. The van der Waals surface area contributed by atoms with E-state index in [1.54, 1.807) is 20.8 Å². The van der Waals surface area contributed by atoms with Crippen molar-refractivity contribution in [1.82, 2.24) is 4.90 Å². The third-order valence-electron chi connectivity index (χ3n) is 3.40. The van der Waals surface area contributed by atoms with Crippen molar-refractivity contribution in [2.45, 2.75) is 51.3 Å². The van der Waals surface area contributed by atoms with Gasteiger partial charge in [0, 0.05) is 18.9 Å². The van der Waals surface area contributed by atoms with Crippen LogP contribution in [0.2, 0.25) is 0 Å². The van der Waals surface area contributed by atoms with Crippen LogP contribution in [0.15, 0.2) is 0 Å². The van der Waals surface area contributed by atoms with E-state index >= 15 is 0 Å². The smallest absolute Gasteiger partial charge is 0.411 e. The molecule has 0 spiro atoms. The number of ether oxygens (including phenoxy) is 2. The highest BCUT2D eigenvalue weighted by molar-refractivity contribution is 5.82. The van der Waals surface area contributed by atoms with E-state index in [2.05, 4.69) is 5.92 Å². The van der Waals surface area contributed by atoms with Gasteiger partial charge in [-0.2, -0.15) is 0 Å². The molecule has 21 heavy (non-hydrogen) atoms. The predicted molar refractivity (Wildman–Crippen MR) is 76.3 cm³/mol. The first kappa shape index (κ1) is 17.3. The fourth-order valence-corrected chi connectivity index (χ4v) is 2.52. The Labute approximate surface area is 125 Å². The number of carbonyl (C=O) groups excluding carboxylic acids is 2. The molecule has 0 radical (unpaired) electrons. The topological polar surface area (TPSA) is 76.1 Å². The van der Waals surface area contributed by atoms with Gasteiger partial charge in [-0.1, -0.05) is 0 Å². The lowest BCUT2D eigenvalue weighted by atomic mass is 9.98. The summed E-state index contributed by atoms with van der Waals surface area (Å²) in [4.78, 5) is 25.6. The molecule has 1 aliphatic rings. The van der Waals surface area contributed by atoms with Gasteiger partial charge in [-0.15, -0.1) is 12.3 Å². The minimum absolute atomic E-state index is 0.154. The number of hydrogen-bond donors (Lipinski definition) is 1. The molecule has 118 valence electrons. The normalized spacial score (nSPS) is 25.3. The van der Waals surface area contributed by atoms with Crippen molar-refractivity contribution < 1.29 is 24.2 Å². The molecule has 0 saturated carbocycles. The molecule has 0 bridgehead atoms. The second-order valence-electron chi connectivity index (χ2n) is 6.08. The number of carbonyl (C=O) groups is 2. The molecule has 1 N–H and O–H groups in total. The maximum atomic E-state index is 12.4. The Bertz CT molecular complexity index is 434. The Kier molecular flexibility index (Phi) is 5.62. The van der Waals surface area contributed by atoms with Gasteiger partial charge >= 0.3 is 12.1 Å². The van der Waals surface area contributed by atoms with E-state index in [0.717, 1.165) is 0 Å². The van der Waals surface area contributed by atoms with Crippen LogP contribution < -0.4 is 0 Å². The summed E-state index contributed by atoms with van der Waals surface area (Å²) in [5.41, 5.74) is -0.685. The molecule has 3 atom stereocenters. The summed E-state index contributed by atoms with van der Waals surface area (Å²) in [6, 6.07) is -1.21. The number of esters is 1. The van der Waals surface area contributed by atoms with Crippen molar-refractivity contribution in [3.8, 4) is 12.3 Å². The average Bonchev–Trinajstić information content (AvgIpc) is 2.75. The van der Waals surface area contributed by atoms with Crippen molar-refractivity contribution in [3.63, 3.8) is 0 Å². The number of amides is 1. The van der Waals surface area contributed by atoms with Gasteiger partial charge in [-0.3, -0.25) is 4.90 Å². The number of nitrogens with zero attached hydrogens (tertiary/aromatic N) is 1. The van der Waals surface area contributed by atoms with Gasteiger partial charge in [0.15, 0.2) is 0 Å². The van der Waals surface area contributed by atoms with Crippen molar-refractivity contribution in [2.75, 3.05) is 13.7 Å². The van der Waals surface area contributed by atoms with Crippen molar-refractivity contribution in [3.05, 3.63) is 0 Å². The van der Waals surface area contributed by atoms with E-state index in [9.17, 15) is 14.7 Å². The molecular formula is C15H23NO5. The number of methoxy groups -OCH3 is 1. The van der Waals surface area contributed by atoms with Crippen LogP contribution in [0.5, 0.6) is 0 Å². The summed E-state index contributed by atoms with van der Waals surface area (Å²) in [6.07, 6.45) is 5.29. The van der Waals surface area contributed by atoms with E-state index in [1.165, 1.54) is 12.0 Å². The summed E-state index contributed by atoms with van der Waals surface area (Å²) in [7, 11) is 1.26. The number of hydrogen-bond acceptors (Lipinski definition) is 5. The summed E-state index contributed by atoms with van der Waals surface area (Å²) in [5, 5.41) is 9.47. The molecule has 1 rings (SSSR count). The second kappa shape index (κ2) is 6.81. The van der Waals surface area contributed by atoms with Crippen LogP contribution in [0, 0.1) is 18.3 Å². The third kappa shape index (κ3) is 4.11. The SMILES string of the molecule is C#CCC1C(CO)CC(C(=O)OC)N1C(=O)OC(C)(C)C. The third-order valence-corrected chi connectivity index (χ3v) is 3.40. The second-order valence-corrected chi connectivity index (χ2v) is 6.08. The highest BCUT2D eigenvalue weighted by atomic mass is 16.6. The molecule has 0 aliphatic carbocycles. The van der Waals surface area contributed by atoms with E-state index in [0.29, 0.717) is 6.42 Å². The molecule has 1 amide bonds. The molecule has 1 saturated heterocycles. The Morgan fingerprint density at radius 2 is 2.05 bits per heavy atom. The minimum Gasteiger partial charge on any atom is -0.467 e. The van der Waals surface area contributed by atoms with Crippen LogP contribution >= 0.6 is 0 Å². The molecule has 1 aliphatic heterocycles. The molecule has 3 unspecified atom stereocenters. The lowest BCUT2D eigenvalue weighted by Gasteiger charge is -2.31. The fourth-order valence-electron chi connectivity index (χ4n) is 2.52. The van der Waals surface area contributed by atoms with Crippen LogP contribution in [0.3, 0.4) is 0 Å². The van der Waals surface area contributed by atoms with E-state index in [1.807, 2.05) is 0 Å². The highest BCUT2D eigenvalue weighted by Crippen LogP contribution is 2.33. The Balaban J connectivity index is 3.07. The largest absolute Gasteiger partial charge is 0.467 e. The predicted octanol–water partition coefficient (Wildman–Crippen LogP) is 1.17. The van der Waals surface area contributed by atoms with Crippen LogP contribution in [0.1, 0.15) is 33.6 Å². The number of rotatable bonds is 3. The zero-order valence-corrected chi connectivity index (χ0v) is 13.0. The van der Waals surface area contributed by atoms with Crippen LogP contribution in [0.25, 0.3) is 0 Å². The van der Waals surface area contributed by atoms with Crippen molar-refractivity contribution in [1.29, 1.82) is 0 Å². The Morgan fingerprint density at radius 3 is 2.48 bits per heavy atom. The first-order valence-electron chi connectivity index (χ1n) is 6.88. The maximum absolute atomic E-state index is 12.4. The average molecular weight is 297 g/mol. The van der Waals surface area contributed by atoms with Gasteiger partial charge in [0.2, 0.25) is 0 Å². The molecule has 0 aromatic rings. The molecule has 0 aromatic heterocycles. The van der Waals surface area contributed by atoms with Gasteiger partial charge in [0.25, 0.3) is 0 Å².